The molecule has 1 N–H and O–H groups in total. The number of hydrogen-bond donors (Lipinski definition) is 1. The summed E-state index contributed by atoms with van der Waals surface area (Å²) < 4.78 is 0. The highest BCUT2D eigenvalue weighted by atomic mass is 35.5. The summed E-state index contributed by atoms with van der Waals surface area (Å²) in [6, 6.07) is 0. The quantitative estimate of drug-likeness (QED) is 0.878. The molecule has 0 spiro atoms. The number of aromatic nitrogens is 2. The first-order chi connectivity index (χ1) is 7.20. The van der Waals surface area contributed by atoms with Crippen LogP contribution in [0.3, 0.4) is 0 Å². The molecule has 0 bridgehead atoms. The van der Waals surface area contributed by atoms with Crippen molar-refractivity contribution in [2.24, 2.45) is 0 Å². The summed E-state index contributed by atoms with van der Waals surface area (Å²) in [5.74, 6) is 0. The van der Waals surface area contributed by atoms with Gasteiger partial charge in [0.1, 0.15) is 6.10 Å². The van der Waals surface area contributed by atoms with Gasteiger partial charge < -0.3 is 5.11 Å². The molecule has 15 heavy (non-hydrogen) atoms. The molecule has 0 aliphatic heterocycles. The zero-order valence-corrected chi connectivity index (χ0v) is 9.59. The maximum absolute atomic E-state index is 10.0. The molecule has 3 nitrogen and oxygen atoms in total. The lowest BCUT2D eigenvalue weighted by atomic mass is 10.2. The zero-order chi connectivity index (χ0) is 10.8. The normalized spacial score (nSPS) is 12.7. The minimum absolute atomic E-state index is 0.515. The van der Waals surface area contributed by atoms with Gasteiger partial charge in [-0.2, -0.15) is 0 Å². The SMILES string of the molecule is Cc1csc(C(O)c2cnccn2)c1Cl. The van der Waals surface area contributed by atoms with Crippen molar-refractivity contribution in [2.75, 3.05) is 0 Å². The molecule has 1 atom stereocenters. The fourth-order valence-corrected chi connectivity index (χ4v) is 2.51. The molecule has 0 amide bonds. The van der Waals surface area contributed by atoms with E-state index in [0.29, 0.717) is 10.7 Å². The van der Waals surface area contributed by atoms with Crippen molar-refractivity contribution in [3.63, 3.8) is 0 Å². The number of rotatable bonds is 2. The number of thiophene rings is 1. The monoisotopic (exact) mass is 240 g/mol. The van der Waals surface area contributed by atoms with Crippen LogP contribution in [0.25, 0.3) is 0 Å². The standard InChI is InChI=1S/C10H9ClN2OS/c1-6-5-15-10(8(6)11)9(14)7-4-12-2-3-13-7/h2-5,9,14H,1H3. The smallest absolute Gasteiger partial charge is 0.133 e. The van der Waals surface area contributed by atoms with Crippen LogP contribution < -0.4 is 0 Å². The Labute approximate surface area is 96.4 Å². The van der Waals surface area contributed by atoms with Crippen LogP contribution in [0, 0.1) is 6.92 Å². The van der Waals surface area contributed by atoms with E-state index in [1.165, 1.54) is 17.5 Å². The van der Waals surface area contributed by atoms with Crippen molar-refractivity contribution >= 4 is 22.9 Å². The second kappa shape index (κ2) is 4.26. The molecule has 1 unspecified atom stereocenters. The van der Waals surface area contributed by atoms with E-state index in [1.807, 2.05) is 12.3 Å². The van der Waals surface area contributed by atoms with Gasteiger partial charge in [0.15, 0.2) is 0 Å². The van der Waals surface area contributed by atoms with Crippen molar-refractivity contribution < 1.29 is 5.11 Å². The van der Waals surface area contributed by atoms with Crippen LogP contribution in [0.4, 0.5) is 0 Å². The summed E-state index contributed by atoms with van der Waals surface area (Å²) in [5.41, 5.74) is 1.49. The average molecular weight is 241 g/mol. The van der Waals surface area contributed by atoms with Gasteiger partial charge in [-0.25, -0.2) is 0 Å². The molecule has 0 aliphatic rings. The lowest BCUT2D eigenvalue weighted by molar-refractivity contribution is 0.218. The first-order valence-electron chi connectivity index (χ1n) is 4.37. The Morgan fingerprint density at radius 2 is 2.27 bits per heavy atom. The third-order valence-electron chi connectivity index (χ3n) is 2.04. The molecular formula is C10H9ClN2OS. The highest BCUT2D eigenvalue weighted by Crippen LogP contribution is 2.34. The van der Waals surface area contributed by atoms with Crippen LogP contribution >= 0.6 is 22.9 Å². The number of hydrogen-bond acceptors (Lipinski definition) is 4. The number of nitrogens with zero attached hydrogens (tertiary/aromatic N) is 2. The Kier molecular flexibility index (Phi) is 3.00. The van der Waals surface area contributed by atoms with E-state index < -0.39 is 6.10 Å². The molecule has 2 aromatic heterocycles. The first-order valence-corrected chi connectivity index (χ1v) is 5.63. The fraction of sp³-hybridized carbons (Fsp3) is 0.200. The van der Waals surface area contributed by atoms with Crippen molar-refractivity contribution in [1.29, 1.82) is 0 Å². The summed E-state index contributed by atoms with van der Waals surface area (Å²) in [6.07, 6.45) is 3.87. The van der Waals surface area contributed by atoms with E-state index in [-0.39, 0.29) is 0 Å². The molecule has 2 aromatic rings. The first kappa shape index (κ1) is 10.5. The Balaban J connectivity index is 2.37. The molecule has 0 aliphatic carbocycles. The maximum atomic E-state index is 10.0. The zero-order valence-electron chi connectivity index (χ0n) is 8.01. The van der Waals surface area contributed by atoms with Gasteiger partial charge in [-0.3, -0.25) is 9.97 Å². The molecule has 5 heteroatoms. The lowest BCUT2D eigenvalue weighted by Crippen LogP contribution is -2.01. The van der Waals surface area contributed by atoms with Gasteiger partial charge in [0.05, 0.1) is 21.8 Å². The number of aliphatic hydroxyl groups is 1. The van der Waals surface area contributed by atoms with Crippen LogP contribution in [-0.4, -0.2) is 15.1 Å². The van der Waals surface area contributed by atoms with Crippen LogP contribution in [0.1, 0.15) is 22.2 Å². The molecule has 0 saturated carbocycles. The number of aryl methyl sites for hydroxylation is 1. The fourth-order valence-electron chi connectivity index (χ4n) is 1.22. The molecule has 0 saturated heterocycles. The molecule has 0 radical (unpaired) electrons. The highest BCUT2D eigenvalue weighted by molar-refractivity contribution is 7.10. The largest absolute Gasteiger partial charge is 0.381 e. The van der Waals surface area contributed by atoms with Gasteiger partial charge in [-0.15, -0.1) is 11.3 Å². The Morgan fingerprint density at radius 3 is 2.80 bits per heavy atom. The molecule has 0 fully saturated rings. The van der Waals surface area contributed by atoms with Gasteiger partial charge in [0.2, 0.25) is 0 Å². The average Bonchev–Trinajstić information content (AvgIpc) is 2.60. The third kappa shape index (κ3) is 2.02. The van der Waals surface area contributed by atoms with Gasteiger partial charge in [-0.1, -0.05) is 11.6 Å². The summed E-state index contributed by atoms with van der Waals surface area (Å²) in [4.78, 5) is 8.66. The highest BCUT2D eigenvalue weighted by Gasteiger charge is 2.18. The van der Waals surface area contributed by atoms with Crippen molar-refractivity contribution in [2.45, 2.75) is 13.0 Å². The van der Waals surface area contributed by atoms with E-state index in [0.717, 1.165) is 10.4 Å². The van der Waals surface area contributed by atoms with Crippen molar-refractivity contribution in [3.8, 4) is 0 Å². The Hall–Kier alpha value is -0.970. The minimum Gasteiger partial charge on any atom is -0.381 e. The predicted octanol–water partition coefficient (Wildman–Crippen LogP) is 2.58. The second-order valence-electron chi connectivity index (χ2n) is 3.13. The summed E-state index contributed by atoms with van der Waals surface area (Å²) in [7, 11) is 0. The predicted molar refractivity (Wildman–Crippen MR) is 60.2 cm³/mol. The van der Waals surface area contributed by atoms with Crippen molar-refractivity contribution in [3.05, 3.63) is 45.1 Å². The van der Waals surface area contributed by atoms with Crippen LogP contribution in [-0.2, 0) is 0 Å². The molecule has 78 valence electrons. The molecule has 0 aromatic carbocycles. The lowest BCUT2D eigenvalue weighted by Gasteiger charge is -2.07. The second-order valence-corrected chi connectivity index (χ2v) is 4.42. The van der Waals surface area contributed by atoms with E-state index in [9.17, 15) is 5.11 Å². The van der Waals surface area contributed by atoms with Gasteiger partial charge >= 0.3 is 0 Å². The van der Waals surface area contributed by atoms with Crippen molar-refractivity contribution in [1.82, 2.24) is 9.97 Å². The Morgan fingerprint density at radius 1 is 1.47 bits per heavy atom. The molecule has 2 rings (SSSR count). The van der Waals surface area contributed by atoms with Gasteiger partial charge in [0.25, 0.3) is 0 Å². The van der Waals surface area contributed by atoms with E-state index in [2.05, 4.69) is 9.97 Å². The van der Waals surface area contributed by atoms with Crippen LogP contribution in [0.5, 0.6) is 0 Å². The van der Waals surface area contributed by atoms with Gasteiger partial charge in [0, 0.05) is 12.4 Å². The summed E-state index contributed by atoms with van der Waals surface area (Å²) >= 11 is 7.49. The van der Waals surface area contributed by atoms with Crippen LogP contribution in [0.15, 0.2) is 24.0 Å². The molecule has 2 heterocycles. The van der Waals surface area contributed by atoms with Gasteiger partial charge in [-0.05, 0) is 17.9 Å². The number of aliphatic hydroxyl groups excluding tert-OH is 1. The maximum Gasteiger partial charge on any atom is 0.133 e. The topological polar surface area (TPSA) is 46.0 Å². The summed E-state index contributed by atoms with van der Waals surface area (Å²) in [5, 5.41) is 12.5. The van der Waals surface area contributed by atoms with Crippen LogP contribution in [0.2, 0.25) is 5.02 Å². The number of halogens is 1. The summed E-state index contributed by atoms with van der Waals surface area (Å²) in [6.45, 7) is 1.91. The Bertz CT molecular complexity index is 458. The minimum atomic E-state index is -0.787. The van der Waals surface area contributed by atoms with E-state index in [4.69, 9.17) is 11.6 Å². The third-order valence-corrected chi connectivity index (χ3v) is 3.80. The van der Waals surface area contributed by atoms with E-state index >= 15 is 0 Å². The van der Waals surface area contributed by atoms with E-state index in [1.54, 1.807) is 12.4 Å². The molecular weight excluding hydrogens is 232 g/mol.